The van der Waals surface area contributed by atoms with Crippen LogP contribution in [0.4, 0.5) is 5.82 Å². The van der Waals surface area contributed by atoms with Crippen LogP contribution in [0.2, 0.25) is 0 Å². The van der Waals surface area contributed by atoms with E-state index in [2.05, 4.69) is 32.6 Å². The Morgan fingerprint density at radius 3 is 2.92 bits per heavy atom. The van der Waals surface area contributed by atoms with Gasteiger partial charge in [-0.2, -0.15) is 15.2 Å². The van der Waals surface area contributed by atoms with Crippen molar-refractivity contribution in [3.63, 3.8) is 0 Å². The van der Waals surface area contributed by atoms with Crippen molar-refractivity contribution >= 4 is 12.0 Å². The maximum absolute atomic E-state index is 11.0. The molecule has 0 amide bonds. The van der Waals surface area contributed by atoms with Gasteiger partial charge in [0.05, 0.1) is 26.1 Å². The summed E-state index contributed by atoms with van der Waals surface area (Å²) in [6.07, 6.45) is 7.59. The fourth-order valence-corrected chi connectivity index (χ4v) is 2.13. The molecule has 0 radical (unpaired) electrons. The first-order valence-corrected chi connectivity index (χ1v) is 8.24. The van der Waals surface area contributed by atoms with Gasteiger partial charge in [-0.15, -0.1) is 0 Å². The maximum atomic E-state index is 11.0. The van der Waals surface area contributed by atoms with Gasteiger partial charge in [0.15, 0.2) is 17.3 Å². The van der Waals surface area contributed by atoms with Gasteiger partial charge in [0.25, 0.3) is 0 Å². The lowest BCUT2D eigenvalue weighted by atomic mass is 10.2. The van der Waals surface area contributed by atoms with Crippen LogP contribution in [0, 0.1) is 0 Å². The van der Waals surface area contributed by atoms with E-state index in [1.165, 1.54) is 25.5 Å². The Morgan fingerprint density at radius 1 is 1.28 bits per heavy atom. The van der Waals surface area contributed by atoms with Crippen molar-refractivity contribution in [2.75, 3.05) is 19.1 Å². The van der Waals surface area contributed by atoms with E-state index < -0.39 is 5.69 Å². The first kappa shape index (κ1) is 18.4. The average molecular weight is 345 g/mol. The number of nitrogens with one attached hydrogen (secondary N) is 2. The Bertz CT molecular complexity index is 745. The highest BCUT2D eigenvalue weighted by Crippen LogP contribution is 2.27. The van der Waals surface area contributed by atoms with Crippen LogP contribution in [0.3, 0.4) is 0 Å². The zero-order valence-electron chi connectivity index (χ0n) is 14.5. The van der Waals surface area contributed by atoms with Crippen molar-refractivity contribution in [1.29, 1.82) is 0 Å². The molecule has 0 fully saturated rings. The molecule has 8 nitrogen and oxygen atoms in total. The number of hydrogen-bond acceptors (Lipinski definition) is 7. The maximum Gasteiger partial charge on any atom is 0.363 e. The molecule has 1 heterocycles. The Kier molecular flexibility index (Phi) is 7.42. The van der Waals surface area contributed by atoms with E-state index in [1.54, 1.807) is 13.3 Å². The second-order valence-electron chi connectivity index (χ2n) is 5.36. The second kappa shape index (κ2) is 10.1. The molecule has 25 heavy (non-hydrogen) atoms. The van der Waals surface area contributed by atoms with Gasteiger partial charge in [0.2, 0.25) is 0 Å². The fourth-order valence-electron chi connectivity index (χ4n) is 2.13. The van der Waals surface area contributed by atoms with Crippen molar-refractivity contribution < 1.29 is 9.47 Å². The van der Waals surface area contributed by atoms with Crippen LogP contribution < -0.4 is 20.6 Å². The highest BCUT2D eigenvalue weighted by atomic mass is 16.5. The third kappa shape index (κ3) is 6.25. The number of aromatic amines is 1. The lowest BCUT2D eigenvalue weighted by Crippen LogP contribution is -2.13. The predicted molar refractivity (Wildman–Crippen MR) is 96.5 cm³/mol. The quantitative estimate of drug-likeness (QED) is 0.390. The van der Waals surface area contributed by atoms with E-state index in [0.717, 1.165) is 12.0 Å². The number of nitrogens with zero attached hydrogens (tertiary/aromatic N) is 3. The van der Waals surface area contributed by atoms with Crippen molar-refractivity contribution in [3.05, 3.63) is 40.4 Å². The first-order chi connectivity index (χ1) is 12.2. The van der Waals surface area contributed by atoms with Gasteiger partial charge in [0, 0.05) is 0 Å². The summed E-state index contributed by atoms with van der Waals surface area (Å²) >= 11 is 0. The van der Waals surface area contributed by atoms with Crippen LogP contribution in [0.25, 0.3) is 0 Å². The highest BCUT2D eigenvalue weighted by molar-refractivity contribution is 5.81. The number of unbranched alkanes of at least 4 members (excludes halogenated alkanes) is 3. The lowest BCUT2D eigenvalue weighted by Gasteiger charge is -2.11. The van der Waals surface area contributed by atoms with E-state index in [1.807, 2.05) is 18.2 Å². The van der Waals surface area contributed by atoms with Crippen molar-refractivity contribution in [2.45, 2.75) is 32.6 Å². The van der Waals surface area contributed by atoms with Crippen LogP contribution in [-0.4, -0.2) is 35.1 Å². The van der Waals surface area contributed by atoms with Gasteiger partial charge in [-0.05, 0) is 30.2 Å². The van der Waals surface area contributed by atoms with Gasteiger partial charge in [-0.1, -0.05) is 26.2 Å². The van der Waals surface area contributed by atoms with Crippen molar-refractivity contribution in [2.24, 2.45) is 5.10 Å². The summed E-state index contributed by atoms with van der Waals surface area (Å²) in [5.74, 6) is 1.62. The Hall–Kier alpha value is -2.90. The number of rotatable bonds is 10. The fraction of sp³-hybridized carbons (Fsp3) is 0.412. The molecule has 2 rings (SSSR count). The molecule has 0 spiro atoms. The van der Waals surface area contributed by atoms with E-state index in [4.69, 9.17) is 9.47 Å². The summed E-state index contributed by atoms with van der Waals surface area (Å²) in [7, 11) is 1.60. The van der Waals surface area contributed by atoms with Gasteiger partial charge in [0.1, 0.15) is 0 Å². The zero-order chi connectivity index (χ0) is 17.9. The topological polar surface area (TPSA) is 101 Å². The summed E-state index contributed by atoms with van der Waals surface area (Å²) in [5.41, 5.74) is 2.92. The molecule has 0 bridgehead atoms. The van der Waals surface area contributed by atoms with E-state index >= 15 is 0 Å². The predicted octanol–water partition coefficient (Wildman–Crippen LogP) is 2.58. The van der Waals surface area contributed by atoms with Crippen LogP contribution in [-0.2, 0) is 0 Å². The van der Waals surface area contributed by atoms with Crippen LogP contribution >= 0.6 is 0 Å². The van der Waals surface area contributed by atoms with Crippen LogP contribution in [0.1, 0.15) is 38.2 Å². The molecule has 1 aromatic carbocycles. The molecule has 0 aliphatic heterocycles. The molecular weight excluding hydrogens is 322 g/mol. The second-order valence-corrected chi connectivity index (χ2v) is 5.36. The molecule has 0 aliphatic carbocycles. The number of anilines is 1. The Morgan fingerprint density at radius 2 is 2.16 bits per heavy atom. The Labute approximate surface area is 146 Å². The normalized spacial score (nSPS) is 10.8. The number of hydrazone groups is 1. The van der Waals surface area contributed by atoms with E-state index in [0.29, 0.717) is 18.1 Å². The van der Waals surface area contributed by atoms with Gasteiger partial charge < -0.3 is 9.47 Å². The SMILES string of the molecule is CCCCCCOc1ccc(/C=N/Nc2cn[nH]c(=O)n2)cc1OC. The molecule has 0 atom stereocenters. The zero-order valence-corrected chi connectivity index (χ0v) is 14.5. The average Bonchev–Trinajstić information content (AvgIpc) is 2.62. The molecule has 0 unspecified atom stereocenters. The molecule has 0 saturated heterocycles. The molecule has 2 N–H and O–H groups in total. The number of methoxy groups -OCH3 is 1. The number of ether oxygens (including phenoxy) is 2. The summed E-state index contributed by atoms with van der Waals surface area (Å²) < 4.78 is 11.1. The van der Waals surface area contributed by atoms with Gasteiger partial charge in [-0.25, -0.2) is 9.89 Å². The number of hydrogen-bond donors (Lipinski definition) is 2. The summed E-state index contributed by atoms with van der Waals surface area (Å²) in [6.45, 7) is 2.86. The largest absolute Gasteiger partial charge is 0.493 e. The molecule has 8 heteroatoms. The first-order valence-electron chi connectivity index (χ1n) is 8.24. The number of aromatic nitrogens is 3. The monoisotopic (exact) mass is 345 g/mol. The van der Waals surface area contributed by atoms with Crippen molar-refractivity contribution in [3.8, 4) is 11.5 Å². The summed E-state index contributed by atoms with van der Waals surface area (Å²) in [6, 6.07) is 5.56. The van der Waals surface area contributed by atoms with E-state index in [-0.39, 0.29) is 5.82 Å². The minimum atomic E-state index is -0.540. The standard InChI is InChI=1S/C17H23N5O3/c1-3-4-5-6-9-25-14-8-7-13(10-15(14)24-2)11-18-21-16-12-19-22-17(23)20-16/h7-8,10-12H,3-6,9H2,1-2H3,(H2,20,21,22,23)/b18-11+. The number of benzene rings is 1. The molecule has 0 saturated carbocycles. The molecule has 2 aromatic rings. The van der Waals surface area contributed by atoms with Gasteiger partial charge >= 0.3 is 5.69 Å². The molecule has 0 aliphatic rings. The van der Waals surface area contributed by atoms with Crippen molar-refractivity contribution in [1.82, 2.24) is 15.2 Å². The molecular formula is C17H23N5O3. The number of H-pyrrole nitrogens is 1. The molecule has 134 valence electrons. The van der Waals surface area contributed by atoms with Crippen LogP contribution in [0.5, 0.6) is 11.5 Å². The van der Waals surface area contributed by atoms with Gasteiger partial charge in [-0.3, -0.25) is 5.43 Å². The third-order valence-corrected chi connectivity index (χ3v) is 3.40. The highest BCUT2D eigenvalue weighted by Gasteiger charge is 2.05. The van der Waals surface area contributed by atoms with Crippen LogP contribution in [0.15, 0.2) is 34.3 Å². The smallest absolute Gasteiger partial charge is 0.363 e. The lowest BCUT2D eigenvalue weighted by molar-refractivity contribution is 0.285. The minimum absolute atomic E-state index is 0.263. The minimum Gasteiger partial charge on any atom is -0.493 e. The third-order valence-electron chi connectivity index (χ3n) is 3.40. The summed E-state index contributed by atoms with van der Waals surface area (Å²) in [5, 5.41) is 9.84. The Balaban J connectivity index is 1.93. The summed E-state index contributed by atoms with van der Waals surface area (Å²) in [4.78, 5) is 14.7. The van der Waals surface area contributed by atoms with E-state index in [9.17, 15) is 4.79 Å². The molecule has 1 aromatic heterocycles.